The van der Waals surface area contributed by atoms with E-state index in [0.29, 0.717) is 16.1 Å². The number of aromatic nitrogens is 1. The minimum Gasteiger partial charge on any atom is -0.321 e. The zero-order valence-electron chi connectivity index (χ0n) is 14.1. The van der Waals surface area contributed by atoms with Gasteiger partial charge in [-0.1, -0.05) is 48.0 Å². The molecule has 27 heavy (non-hydrogen) atoms. The third-order valence-electron chi connectivity index (χ3n) is 4.23. The molecule has 0 unspecified atom stereocenters. The summed E-state index contributed by atoms with van der Waals surface area (Å²) in [5.41, 5.74) is 1.73. The molecule has 3 nitrogen and oxygen atoms in total. The SMILES string of the molecule is O=C(/C=C/c1cccs1)c1c(-c2ccccc2)c2cc(Cl)ccc2[nH]c1=O. The molecule has 4 rings (SSSR count). The molecule has 0 saturated carbocycles. The molecular formula is C22H14ClNO2S. The van der Waals surface area contributed by atoms with Crippen molar-refractivity contribution in [3.05, 3.63) is 97.9 Å². The second kappa shape index (κ2) is 7.35. The smallest absolute Gasteiger partial charge is 0.260 e. The van der Waals surface area contributed by atoms with Gasteiger partial charge in [-0.15, -0.1) is 11.3 Å². The van der Waals surface area contributed by atoms with Gasteiger partial charge in [-0.05, 0) is 47.4 Å². The number of aromatic amines is 1. The van der Waals surface area contributed by atoms with Crippen LogP contribution in [0.3, 0.4) is 0 Å². The monoisotopic (exact) mass is 391 g/mol. The summed E-state index contributed by atoms with van der Waals surface area (Å²) >= 11 is 7.72. The summed E-state index contributed by atoms with van der Waals surface area (Å²) in [6, 6.07) is 18.5. The number of hydrogen-bond donors (Lipinski definition) is 1. The van der Waals surface area contributed by atoms with Gasteiger partial charge in [-0.3, -0.25) is 9.59 Å². The van der Waals surface area contributed by atoms with Crippen molar-refractivity contribution in [2.75, 3.05) is 0 Å². The molecule has 0 saturated heterocycles. The first-order valence-electron chi connectivity index (χ1n) is 8.30. The fourth-order valence-electron chi connectivity index (χ4n) is 3.03. The van der Waals surface area contributed by atoms with E-state index in [1.807, 2.05) is 47.8 Å². The van der Waals surface area contributed by atoms with Gasteiger partial charge in [-0.25, -0.2) is 0 Å². The Labute approximate surface area is 164 Å². The molecule has 0 amide bonds. The van der Waals surface area contributed by atoms with Crippen LogP contribution < -0.4 is 5.56 Å². The van der Waals surface area contributed by atoms with Gasteiger partial charge in [0.25, 0.3) is 5.56 Å². The van der Waals surface area contributed by atoms with Crippen molar-refractivity contribution in [2.45, 2.75) is 0 Å². The Morgan fingerprint density at radius 1 is 1.04 bits per heavy atom. The minimum atomic E-state index is -0.412. The fraction of sp³-hybridized carbons (Fsp3) is 0. The molecular weight excluding hydrogens is 378 g/mol. The summed E-state index contributed by atoms with van der Waals surface area (Å²) in [4.78, 5) is 29.5. The molecule has 0 aliphatic heterocycles. The first-order valence-corrected chi connectivity index (χ1v) is 9.56. The van der Waals surface area contributed by atoms with Crippen LogP contribution in [0.15, 0.2) is 76.9 Å². The summed E-state index contributed by atoms with van der Waals surface area (Å²) in [6.45, 7) is 0. The second-order valence-electron chi connectivity index (χ2n) is 5.97. The number of ketones is 1. The van der Waals surface area contributed by atoms with Crippen molar-refractivity contribution in [1.29, 1.82) is 0 Å². The molecule has 4 aromatic rings. The summed E-state index contributed by atoms with van der Waals surface area (Å²) in [5, 5.41) is 3.21. The number of H-pyrrole nitrogens is 1. The van der Waals surface area contributed by atoms with E-state index in [4.69, 9.17) is 11.6 Å². The maximum atomic E-state index is 12.9. The fourth-order valence-corrected chi connectivity index (χ4v) is 3.82. The molecule has 0 spiro atoms. The predicted octanol–water partition coefficient (Wildman–Crippen LogP) is 5.81. The number of carbonyl (C=O) groups is 1. The number of rotatable bonds is 4. The molecule has 2 aromatic carbocycles. The third kappa shape index (κ3) is 3.50. The zero-order chi connectivity index (χ0) is 18.8. The standard InChI is InChI=1S/C22H14ClNO2S/c23-15-8-10-18-17(13-15)20(14-5-2-1-3-6-14)21(22(26)24-18)19(25)11-9-16-7-4-12-27-16/h1-13H,(H,24,26)/b11-9+. The Balaban J connectivity index is 1.98. The highest BCUT2D eigenvalue weighted by Crippen LogP contribution is 2.31. The van der Waals surface area contributed by atoms with Crippen LogP contribution in [0.2, 0.25) is 5.02 Å². The number of pyridine rings is 1. The van der Waals surface area contributed by atoms with Crippen molar-refractivity contribution < 1.29 is 4.79 Å². The Bertz CT molecular complexity index is 1210. The van der Waals surface area contributed by atoms with Crippen molar-refractivity contribution in [1.82, 2.24) is 4.98 Å². The number of halogens is 1. The van der Waals surface area contributed by atoms with E-state index in [9.17, 15) is 9.59 Å². The van der Waals surface area contributed by atoms with Crippen LogP contribution in [-0.2, 0) is 0 Å². The lowest BCUT2D eigenvalue weighted by Gasteiger charge is -2.11. The van der Waals surface area contributed by atoms with E-state index < -0.39 is 5.56 Å². The first kappa shape index (κ1) is 17.5. The zero-order valence-corrected chi connectivity index (χ0v) is 15.7. The minimum absolute atomic E-state index is 0.115. The van der Waals surface area contributed by atoms with Crippen molar-refractivity contribution in [2.24, 2.45) is 0 Å². The molecule has 2 heterocycles. The molecule has 5 heteroatoms. The van der Waals surface area contributed by atoms with E-state index in [-0.39, 0.29) is 11.3 Å². The molecule has 0 aliphatic carbocycles. The number of carbonyl (C=O) groups excluding carboxylic acids is 1. The summed E-state index contributed by atoms with van der Waals surface area (Å²) in [5.74, 6) is -0.342. The molecule has 2 aromatic heterocycles. The Hall–Kier alpha value is -2.95. The van der Waals surface area contributed by atoms with Gasteiger partial charge in [0.2, 0.25) is 0 Å². The third-order valence-corrected chi connectivity index (χ3v) is 5.30. The van der Waals surface area contributed by atoms with E-state index in [2.05, 4.69) is 4.98 Å². The predicted molar refractivity (Wildman–Crippen MR) is 113 cm³/mol. The summed E-state index contributed by atoms with van der Waals surface area (Å²) in [7, 11) is 0. The van der Waals surface area contributed by atoms with Crippen LogP contribution in [0.1, 0.15) is 15.2 Å². The van der Waals surface area contributed by atoms with E-state index in [1.54, 1.807) is 24.3 Å². The molecule has 0 atom stereocenters. The van der Waals surface area contributed by atoms with Gasteiger partial charge in [-0.2, -0.15) is 0 Å². The summed E-state index contributed by atoms with van der Waals surface area (Å²) < 4.78 is 0. The average molecular weight is 392 g/mol. The number of fused-ring (bicyclic) bond motifs is 1. The second-order valence-corrected chi connectivity index (χ2v) is 7.39. The highest BCUT2D eigenvalue weighted by molar-refractivity contribution is 7.10. The van der Waals surface area contributed by atoms with Gasteiger partial charge >= 0.3 is 0 Å². The van der Waals surface area contributed by atoms with Crippen LogP contribution in [-0.4, -0.2) is 10.8 Å². The maximum Gasteiger partial charge on any atom is 0.260 e. The number of allylic oxidation sites excluding steroid dienone is 1. The molecule has 0 aliphatic rings. The quantitative estimate of drug-likeness (QED) is 0.352. The van der Waals surface area contributed by atoms with Gasteiger partial charge in [0.05, 0.1) is 5.56 Å². The van der Waals surface area contributed by atoms with E-state index >= 15 is 0 Å². The van der Waals surface area contributed by atoms with Gasteiger partial charge in [0.15, 0.2) is 5.78 Å². The van der Waals surface area contributed by atoms with Crippen molar-refractivity contribution in [3.63, 3.8) is 0 Å². The number of hydrogen-bond acceptors (Lipinski definition) is 3. The molecule has 1 N–H and O–H groups in total. The molecule has 0 fully saturated rings. The lowest BCUT2D eigenvalue weighted by molar-refractivity contribution is 0.104. The van der Waals surface area contributed by atoms with Crippen LogP contribution in [0, 0.1) is 0 Å². The number of benzene rings is 2. The van der Waals surface area contributed by atoms with Crippen LogP contribution in [0.4, 0.5) is 0 Å². The van der Waals surface area contributed by atoms with Gasteiger partial charge in [0, 0.05) is 26.4 Å². The number of thiophene rings is 1. The normalized spacial score (nSPS) is 11.3. The van der Waals surface area contributed by atoms with Crippen molar-refractivity contribution >= 4 is 45.7 Å². The average Bonchev–Trinajstić information content (AvgIpc) is 3.20. The highest BCUT2D eigenvalue weighted by atomic mass is 35.5. The van der Waals surface area contributed by atoms with Gasteiger partial charge < -0.3 is 4.98 Å². The Kier molecular flexibility index (Phi) is 4.75. The van der Waals surface area contributed by atoms with Crippen LogP contribution in [0.25, 0.3) is 28.1 Å². The highest BCUT2D eigenvalue weighted by Gasteiger charge is 2.19. The lowest BCUT2D eigenvalue weighted by Crippen LogP contribution is -2.18. The van der Waals surface area contributed by atoms with Crippen molar-refractivity contribution in [3.8, 4) is 11.1 Å². The number of nitrogens with one attached hydrogen (secondary N) is 1. The Morgan fingerprint density at radius 3 is 2.59 bits per heavy atom. The van der Waals surface area contributed by atoms with E-state index in [0.717, 1.165) is 15.8 Å². The maximum absolute atomic E-state index is 12.9. The van der Waals surface area contributed by atoms with Gasteiger partial charge in [0.1, 0.15) is 0 Å². The van der Waals surface area contributed by atoms with Crippen LogP contribution in [0.5, 0.6) is 0 Å². The van der Waals surface area contributed by atoms with E-state index in [1.165, 1.54) is 17.4 Å². The summed E-state index contributed by atoms with van der Waals surface area (Å²) in [6.07, 6.45) is 3.17. The lowest BCUT2D eigenvalue weighted by atomic mass is 9.94. The largest absolute Gasteiger partial charge is 0.321 e. The first-order chi connectivity index (χ1) is 13.1. The molecule has 132 valence electrons. The molecule has 0 radical (unpaired) electrons. The molecule has 0 bridgehead atoms. The Morgan fingerprint density at radius 2 is 1.85 bits per heavy atom. The topological polar surface area (TPSA) is 49.9 Å². The van der Waals surface area contributed by atoms with Crippen LogP contribution >= 0.6 is 22.9 Å².